The van der Waals surface area contributed by atoms with Crippen molar-refractivity contribution in [3.8, 4) is 0 Å². The van der Waals surface area contributed by atoms with Gasteiger partial charge in [-0.2, -0.15) is 0 Å². The van der Waals surface area contributed by atoms with E-state index in [0.717, 1.165) is 24.3 Å². The van der Waals surface area contributed by atoms with Crippen LogP contribution in [0.1, 0.15) is 50.9 Å². The number of benzene rings is 1. The number of piperidine rings is 1. The normalized spacial score (nSPS) is 17.1. The van der Waals surface area contributed by atoms with Crippen molar-refractivity contribution in [3.05, 3.63) is 42.1 Å². The van der Waals surface area contributed by atoms with Crippen LogP contribution in [0, 0.1) is 5.82 Å². The average molecular weight is 512 g/mol. The number of amides is 2. The Morgan fingerprint density at radius 1 is 1.14 bits per heavy atom. The first-order valence-corrected chi connectivity index (χ1v) is 13.2. The van der Waals surface area contributed by atoms with Crippen LogP contribution in [0.25, 0.3) is 0 Å². The number of hydrogen-bond donors (Lipinski definition) is 1. The summed E-state index contributed by atoms with van der Waals surface area (Å²) in [4.78, 5) is 43.0. The van der Waals surface area contributed by atoms with Crippen LogP contribution in [-0.4, -0.2) is 89.5 Å². The summed E-state index contributed by atoms with van der Waals surface area (Å²) in [5.41, 5.74) is 1.79. The Morgan fingerprint density at radius 3 is 2.51 bits per heavy atom. The Balaban J connectivity index is 1.60. The van der Waals surface area contributed by atoms with E-state index in [2.05, 4.69) is 20.2 Å². The molecule has 2 aliphatic rings. The molecule has 1 aromatic heterocycles. The molecular formula is C27H38FN7O2. The van der Waals surface area contributed by atoms with Crippen molar-refractivity contribution in [1.29, 1.82) is 0 Å². The molecule has 0 radical (unpaired) electrons. The largest absolute Gasteiger partial charge is 0.350 e. The Labute approximate surface area is 218 Å². The van der Waals surface area contributed by atoms with Crippen LogP contribution in [0.4, 0.5) is 21.6 Å². The van der Waals surface area contributed by atoms with Gasteiger partial charge in [-0.15, -0.1) is 0 Å². The number of aromatic nitrogens is 2. The van der Waals surface area contributed by atoms with Gasteiger partial charge in [-0.3, -0.25) is 9.59 Å². The molecule has 10 heteroatoms. The predicted molar refractivity (Wildman–Crippen MR) is 143 cm³/mol. The Hall–Kier alpha value is -3.27. The highest BCUT2D eigenvalue weighted by atomic mass is 19.1. The maximum absolute atomic E-state index is 14.4. The fourth-order valence-corrected chi connectivity index (χ4v) is 5.38. The molecule has 4 rings (SSSR count). The van der Waals surface area contributed by atoms with Crippen LogP contribution in [0.5, 0.6) is 0 Å². The van der Waals surface area contributed by atoms with Crippen LogP contribution in [0.2, 0.25) is 0 Å². The molecule has 2 aromatic rings. The van der Waals surface area contributed by atoms with E-state index in [1.54, 1.807) is 24.2 Å². The number of likely N-dealkylation sites (tertiary alicyclic amines) is 1. The summed E-state index contributed by atoms with van der Waals surface area (Å²) >= 11 is 0. The molecule has 1 saturated heterocycles. The van der Waals surface area contributed by atoms with Crippen LogP contribution in [0.15, 0.2) is 30.7 Å². The minimum Gasteiger partial charge on any atom is -0.350 e. The van der Waals surface area contributed by atoms with Crippen molar-refractivity contribution in [3.63, 3.8) is 0 Å². The van der Waals surface area contributed by atoms with Gasteiger partial charge in [0.2, 0.25) is 5.91 Å². The zero-order chi connectivity index (χ0) is 26.7. The quantitative estimate of drug-likeness (QED) is 0.612. The third kappa shape index (κ3) is 5.39. The third-order valence-corrected chi connectivity index (χ3v) is 7.53. The maximum Gasteiger partial charge on any atom is 0.256 e. The van der Waals surface area contributed by atoms with Crippen molar-refractivity contribution in [1.82, 2.24) is 25.1 Å². The lowest BCUT2D eigenvalue weighted by Gasteiger charge is -2.44. The second-order valence-corrected chi connectivity index (χ2v) is 9.99. The number of carbonyl (C=O) groups is 2. The number of nitrogens with one attached hydrogen (secondary N) is 1. The first-order chi connectivity index (χ1) is 17.8. The lowest BCUT2D eigenvalue weighted by Crippen LogP contribution is -2.53. The van der Waals surface area contributed by atoms with Gasteiger partial charge >= 0.3 is 0 Å². The number of carbonyl (C=O) groups excluding carboxylic acids is 2. The number of hydrogen-bond acceptors (Lipinski definition) is 7. The van der Waals surface area contributed by atoms with E-state index in [4.69, 9.17) is 0 Å². The molecular weight excluding hydrogens is 473 g/mol. The van der Waals surface area contributed by atoms with Crippen molar-refractivity contribution in [2.45, 2.75) is 58.7 Å². The minimum atomic E-state index is -0.441. The number of nitrogens with zero attached hydrogens (tertiary/aromatic N) is 6. The summed E-state index contributed by atoms with van der Waals surface area (Å²) in [6.45, 7) is 11.0. The second kappa shape index (κ2) is 11.4. The van der Waals surface area contributed by atoms with Gasteiger partial charge in [-0.1, -0.05) is 0 Å². The Kier molecular flexibility index (Phi) is 8.26. The minimum absolute atomic E-state index is 0.00470. The Bertz CT molecular complexity index is 1120. The van der Waals surface area contributed by atoms with E-state index >= 15 is 0 Å². The number of rotatable bonds is 7. The molecule has 2 aliphatic heterocycles. The molecule has 1 atom stereocenters. The maximum atomic E-state index is 14.4. The molecule has 3 heterocycles. The van der Waals surface area contributed by atoms with Gasteiger partial charge in [0.05, 0.1) is 23.5 Å². The standard InChI is InChI=1S/C27H38FN7O2/c1-6-33(18(2)3)27(37)22-15-20(28)7-8-23(22)35-14-13-34(25-24(35)16-30-17-31-25)21-9-11-32(12-10-21)26(36)19(4)29-5/h7-8,15-19,21,29H,6,9-14H2,1-5H3. The van der Waals surface area contributed by atoms with Crippen LogP contribution in [0.3, 0.4) is 0 Å². The summed E-state index contributed by atoms with van der Waals surface area (Å²) < 4.78 is 14.4. The molecule has 0 aliphatic carbocycles. The van der Waals surface area contributed by atoms with E-state index in [1.807, 2.05) is 37.5 Å². The molecule has 9 nitrogen and oxygen atoms in total. The van der Waals surface area contributed by atoms with E-state index in [0.29, 0.717) is 44.0 Å². The molecule has 1 aromatic carbocycles. The topological polar surface area (TPSA) is 84.9 Å². The zero-order valence-electron chi connectivity index (χ0n) is 22.4. The number of fused-ring (bicyclic) bond motifs is 1. The molecule has 0 bridgehead atoms. The fraction of sp³-hybridized carbons (Fsp3) is 0.556. The van der Waals surface area contributed by atoms with E-state index < -0.39 is 5.82 Å². The van der Waals surface area contributed by atoms with Crippen LogP contribution < -0.4 is 15.1 Å². The molecule has 37 heavy (non-hydrogen) atoms. The van der Waals surface area contributed by atoms with Gasteiger partial charge in [0.15, 0.2) is 5.82 Å². The summed E-state index contributed by atoms with van der Waals surface area (Å²) in [5.74, 6) is 0.294. The lowest BCUT2D eigenvalue weighted by atomic mass is 10.0. The molecule has 200 valence electrons. The highest BCUT2D eigenvalue weighted by Crippen LogP contribution is 2.39. The molecule has 1 unspecified atom stereocenters. The van der Waals surface area contributed by atoms with Crippen molar-refractivity contribution in [2.75, 3.05) is 49.6 Å². The highest BCUT2D eigenvalue weighted by Gasteiger charge is 2.35. The van der Waals surface area contributed by atoms with E-state index in [9.17, 15) is 14.0 Å². The molecule has 2 amide bonds. The van der Waals surface area contributed by atoms with Gasteiger partial charge in [0, 0.05) is 44.8 Å². The second-order valence-electron chi connectivity index (χ2n) is 9.99. The highest BCUT2D eigenvalue weighted by molar-refractivity contribution is 6.01. The molecule has 1 fully saturated rings. The summed E-state index contributed by atoms with van der Waals surface area (Å²) in [6.07, 6.45) is 5.01. The van der Waals surface area contributed by atoms with Gasteiger partial charge < -0.3 is 24.9 Å². The monoisotopic (exact) mass is 511 g/mol. The third-order valence-electron chi connectivity index (χ3n) is 7.53. The van der Waals surface area contributed by atoms with Crippen LogP contribution in [-0.2, 0) is 4.79 Å². The summed E-state index contributed by atoms with van der Waals surface area (Å²) in [5, 5.41) is 3.03. The van der Waals surface area contributed by atoms with Crippen molar-refractivity contribution in [2.24, 2.45) is 0 Å². The smallest absolute Gasteiger partial charge is 0.256 e. The number of halogens is 1. The summed E-state index contributed by atoms with van der Waals surface area (Å²) in [6, 6.07) is 4.45. The number of likely N-dealkylation sites (N-methyl/N-ethyl adjacent to an activating group) is 1. The lowest BCUT2D eigenvalue weighted by molar-refractivity contribution is -0.133. The van der Waals surface area contributed by atoms with Gasteiger partial charge in [-0.05, 0) is 65.8 Å². The van der Waals surface area contributed by atoms with Gasteiger partial charge in [0.1, 0.15) is 17.8 Å². The number of anilines is 3. The average Bonchev–Trinajstić information content (AvgIpc) is 2.92. The van der Waals surface area contributed by atoms with Gasteiger partial charge in [0.25, 0.3) is 5.91 Å². The fourth-order valence-electron chi connectivity index (χ4n) is 5.38. The molecule has 0 saturated carbocycles. The molecule has 0 spiro atoms. The van der Waals surface area contributed by atoms with Crippen LogP contribution >= 0.6 is 0 Å². The van der Waals surface area contributed by atoms with E-state index in [1.165, 1.54) is 18.5 Å². The first-order valence-electron chi connectivity index (χ1n) is 13.2. The SMILES string of the molecule is CCN(C(=O)c1cc(F)ccc1N1CCN(C2CCN(C(=O)C(C)NC)CC2)c2ncncc21)C(C)C. The zero-order valence-corrected chi connectivity index (χ0v) is 22.4. The first kappa shape index (κ1) is 26.8. The van der Waals surface area contributed by atoms with Gasteiger partial charge in [-0.25, -0.2) is 14.4 Å². The predicted octanol–water partition coefficient (Wildman–Crippen LogP) is 3.04. The van der Waals surface area contributed by atoms with E-state index in [-0.39, 0.29) is 29.9 Å². The summed E-state index contributed by atoms with van der Waals surface area (Å²) in [7, 11) is 1.80. The van der Waals surface area contributed by atoms with Crippen molar-refractivity contribution >= 4 is 29.0 Å². The van der Waals surface area contributed by atoms with Crippen molar-refractivity contribution < 1.29 is 14.0 Å². The Morgan fingerprint density at radius 2 is 1.86 bits per heavy atom. The molecule has 1 N–H and O–H groups in total.